The number of anilines is 1. The Kier molecular flexibility index (Phi) is 5.16. The van der Waals surface area contributed by atoms with Gasteiger partial charge < -0.3 is 10.2 Å². The fraction of sp³-hybridized carbons (Fsp3) is 0.500. The maximum absolute atomic E-state index is 11.9. The van der Waals surface area contributed by atoms with Gasteiger partial charge in [-0.1, -0.05) is 11.3 Å². The lowest BCUT2D eigenvalue weighted by Crippen LogP contribution is -2.28. The molecule has 1 rings (SSSR count). The fourth-order valence-corrected chi connectivity index (χ4v) is 3.65. The Morgan fingerprint density at radius 1 is 1.56 bits per heavy atom. The van der Waals surface area contributed by atoms with E-state index in [1.54, 1.807) is 6.92 Å². The second-order valence-corrected chi connectivity index (χ2v) is 6.30. The molecule has 0 bridgehead atoms. The molecule has 10 heteroatoms. The van der Waals surface area contributed by atoms with Crippen LogP contribution >= 0.6 is 11.3 Å². The van der Waals surface area contributed by atoms with Crippen LogP contribution < -0.4 is 15.9 Å². The Balaban J connectivity index is 2.88. The average Bonchev–Trinajstić information content (AvgIpc) is 2.59. The Hall–Kier alpha value is -1.07. The van der Waals surface area contributed by atoms with Crippen molar-refractivity contribution >= 4 is 32.4 Å². The molecular formula is C8H14N4O4S2. The van der Waals surface area contributed by atoms with Crippen molar-refractivity contribution in [2.75, 3.05) is 18.5 Å². The van der Waals surface area contributed by atoms with Gasteiger partial charge in [0.2, 0.25) is 5.91 Å². The van der Waals surface area contributed by atoms with Crippen LogP contribution in [0.3, 0.4) is 0 Å². The summed E-state index contributed by atoms with van der Waals surface area (Å²) < 4.78 is 26.1. The lowest BCUT2D eigenvalue weighted by molar-refractivity contribution is -0.114. The second kappa shape index (κ2) is 6.20. The summed E-state index contributed by atoms with van der Waals surface area (Å²) in [5, 5.41) is 2.68. The van der Waals surface area contributed by atoms with E-state index in [-0.39, 0.29) is 28.4 Å². The van der Waals surface area contributed by atoms with E-state index in [4.69, 9.17) is 5.90 Å². The van der Waals surface area contributed by atoms with Crippen LogP contribution in [0.25, 0.3) is 0 Å². The number of aromatic nitrogens is 1. The standard InChI is InChI=1S/C8H14N4O4S2/c1-5-7(17-8(11-5)12-6(2)13)18(14,15)10-3-4-16-9/h10H,3-4,9H2,1-2H3,(H,11,12,13). The van der Waals surface area contributed by atoms with Crippen molar-refractivity contribution in [3.63, 3.8) is 0 Å². The number of carbonyl (C=O) groups excluding carboxylic acids is 1. The van der Waals surface area contributed by atoms with E-state index >= 15 is 0 Å². The summed E-state index contributed by atoms with van der Waals surface area (Å²) in [4.78, 5) is 19.1. The molecule has 8 nitrogen and oxygen atoms in total. The summed E-state index contributed by atoms with van der Waals surface area (Å²) in [6.45, 7) is 3.00. The minimum absolute atomic E-state index is 0.0586. The lowest BCUT2D eigenvalue weighted by atomic mass is 10.6. The molecule has 0 aliphatic carbocycles. The van der Waals surface area contributed by atoms with Crippen LogP contribution in [0.1, 0.15) is 12.6 Å². The number of thiazole rings is 1. The number of nitrogens with zero attached hydrogens (tertiary/aromatic N) is 1. The van der Waals surface area contributed by atoms with Crippen LogP contribution in [-0.2, 0) is 19.7 Å². The smallest absolute Gasteiger partial charge is 0.252 e. The van der Waals surface area contributed by atoms with E-state index in [0.717, 1.165) is 11.3 Å². The molecule has 4 N–H and O–H groups in total. The Morgan fingerprint density at radius 3 is 2.78 bits per heavy atom. The largest absolute Gasteiger partial charge is 0.303 e. The Morgan fingerprint density at radius 2 is 2.22 bits per heavy atom. The van der Waals surface area contributed by atoms with Gasteiger partial charge >= 0.3 is 0 Å². The number of sulfonamides is 1. The van der Waals surface area contributed by atoms with E-state index < -0.39 is 10.0 Å². The highest BCUT2D eigenvalue weighted by Gasteiger charge is 2.21. The molecule has 102 valence electrons. The molecule has 1 amide bonds. The molecule has 1 heterocycles. The van der Waals surface area contributed by atoms with Crippen molar-refractivity contribution in [3.8, 4) is 0 Å². The van der Waals surface area contributed by atoms with Gasteiger partial charge in [0.05, 0.1) is 12.3 Å². The van der Waals surface area contributed by atoms with Crippen LogP contribution in [-0.4, -0.2) is 32.5 Å². The molecular weight excluding hydrogens is 280 g/mol. The highest BCUT2D eigenvalue weighted by molar-refractivity contribution is 7.91. The molecule has 0 unspecified atom stereocenters. The van der Waals surface area contributed by atoms with Gasteiger partial charge in [0, 0.05) is 13.5 Å². The summed E-state index contributed by atoms with van der Waals surface area (Å²) >= 11 is 0.887. The first-order chi connectivity index (χ1) is 8.36. The predicted molar refractivity (Wildman–Crippen MR) is 66.5 cm³/mol. The monoisotopic (exact) mass is 294 g/mol. The van der Waals surface area contributed by atoms with Crippen molar-refractivity contribution in [1.82, 2.24) is 9.71 Å². The number of nitrogens with two attached hydrogens (primary N) is 1. The van der Waals surface area contributed by atoms with Gasteiger partial charge in [0.15, 0.2) is 9.34 Å². The molecule has 0 saturated carbocycles. The van der Waals surface area contributed by atoms with E-state index in [1.807, 2.05) is 0 Å². The molecule has 0 radical (unpaired) electrons. The molecule has 0 aliphatic heterocycles. The number of amides is 1. The van der Waals surface area contributed by atoms with Crippen LogP contribution in [0, 0.1) is 6.92 Å². The first-order valence-electron chi connectivity index (χ1n) is 4.93. The number of aryl methyl sites for hydroxylation is 1. The van der Waals surface area contributed by atoms with Gasteiger partial charge in [0.1, 0.15) is 0 Å². The summed E-state index contributed by atoms with van der Waals surface area (Å²) in [7, 11) is -3.66. The van der Waals surface area contributed by atoms with Gasteiger partial charge in [-0.25, -0.2) is 24.0 Å². The quantitative estimate of drug-likeness (QED) is 0.483. The molecule has 1 aromatic heterocycles. The summed E-state index contributed by atoms with van der Waals surface area (Å²) in [6, 6.07) is 0. The van der Waals surface area contributed by atoms with Gasteiger partial charge in [0.25, 0.3) is 10.0 Å². The number of hydrogen-bond donors (Lipinski definition) is 3. The third kappa shape index (κ3) is 3.99. The molecule has 1 aromatic rings. The van der Waals surface area contributed by atoms with E-state index in [1.165, 1.54) is 6.92 Å². The molecule has 0 aromatic carbocycles. The topological polar surface area (TPSA) is 123 Å². The maximum Gasteiger partial charge on any atom is 0.252 e. The zero-order chi connectivity index (χ0) is 13.8. The maximum atomic E-state index is 11.9. The second-order valence-electron chi connectivity index (χ2n) is 3.34. The van der Waals surface area contributed by atoms with Gasteiger partial charge in [-0.3, -0.25) is 4.79 Å². The Bertz CT molecular complexity index is 525. The normalized spacial score (nSPS) is 11.5. The number of hydrogen-bond acceptors (Lipinski definition) is 7. The molecule has 0 atom stereocenters. The summed E-state index contributed by atoms with van der Waals surface area (Å²) in [6.07, 6.45) is 0. The third-order valence-electron chi connectivity index (χ3n) is 1.79. The SMILES string of the molecule is CC(=O)Nc1nc(C)c(S(=O)(=O)NCCON)s1. The first-order valence-corrected chi connectivity index (χ1v) is 7.23. The molecule has 0 spiro atoms. The summed E-state index contributed by atoms with van der Waals surface area (Å²) in [5.41, 5.74) is 0.324. The highest BCUT2D eigenvalue weighted by atomic mass is 32.2. The third-order valence-corrected chi connectivity index (χ3v) is 4.94. The average molecular weight is 294 g/mol. The van der Waals surface area contributed by atoms with E-state index in [0.29, 0.717) is 5.69 Å². The predicted octanol–water partition coefficient (Wildman–Crippen LogP) is -0.421. The van der Waals surface area contributed by atoms with Crippen LogP contribution in [0.15, 0.2) is 4.21 Å². The number of rotatable bonds is 6. The first kappa shape index (κ1) is 15.0. The van der Waals surface area contributed by atoms with Gasteiger partial charge in [-0.15, -0.1) is 0 Å². The van der Waals surface area contributed by atoms with Crippen molar-refractivity contribution in [2.45, 2.75) is 18.1 Å². The van der Waals surface area contributed by atoms with Crippen molar-refractivity contribution in [3.05, 3.63) is 5.69 Å². The Labute approximate surface area is 109 Å². The van der Waals surface area contributed by atoms with Crippen LogP contribution in [0.4, 0.5) is 5.13 Å². The van der Waals surface area contributed by atoms with Crippen molar-refractivity contribution < 1.29 is 18.0 Å². The minimum Gasteiger partial charge on any atom is -0.303 e. The van der Waals surface area contributed by atoms with Gasteiger partial charge in [-0.05, 0) is 6.92 Å². The lowest BCUT2D eigenvalue weighted by Gasteiger charge is -2.03. The van der Waals surface area contributed by atoms with E-state index in [2.05, 4.69) is 19.9 Å². The minimum atomic E-state index is -3.66. The van der Waals surface area contributed by atoms with Crippen LogP contribution in [0.2, 0.25) is 0 Å². The highest BCUT2D eigenvalue weighted by Crippen LogP contribution is 2.26. The van der Waals surface area contributed by atoms with Gasteiger partial charge in [-0.2, -0.15) is 0 Å². The number of carbonyl (C=O) groups is 1. The van der Waals surface area contributed by atoms with Crippen molar-refractivity contribution in [1.29, 1.82) is 0 Å². The van der Waals surface area contributed by atoms with Crippen molar-refractivity contribution in [2.24, 2.45) is 5.90 Å². The molecule has 0 fully saturated rings. The summed E-state index contributed by atoms with van der Waals surface area (Å²) in [5.74, 6) is 4.49. The molecule has 0 aliphatic rings. The molecule has 18 heavy (non-hydrogen) atoms. The molecule has 0 saturated heterocycles. The zero-order valence-corrected chi connectivity index (χ0v) is 11.5. The fourth-order valence-electron chi connectivity index (χ4n) is 1.14. The number of nitrogens with one attached hydrogen (secondary N) is 2. The van der Waals surface area contributed by atoms with E-state index in [9.17, 15) is 13.2 Å². The zero-order valence-electron chi connectivity index (χ0n) is 9.89. The van der Waals surface area contributed by atoms with Crippen LogP contribution in [0.5, 0.6) is 0 Å².